The lowest BCUT2D eigenvalue weighted by Gasteiger charge is -2.25. The number of hydrogen-bond acceptors (Lipinski definition) is 3. The average molecular weight is 248 g/mol. The zero-order valence-electron chi connectivity index (χ0n) is 7.94. The molecule has 2 heterocycles. The molecular formula is C9H10ClNO3S. The fourth-order valence-electron chi connectivity index (χ4n) is 1.46. The van der Waals surface area contributed by atoms with E-state index in [1.54, 1.807) is 11.0 Å². The Bertz CT molecular complexity index is 394. The molecule has 0 atom stereocenters. The van der Waals surface area contributed by atoms with Crippen molar-refractivity contribution in [3.05, 3.63) is 23.1 Å². The van der Waals surface area contributed by atoms with E-state index in [1.807, 2.05) is 0 Å². The van der Waals surface area contributed by atoms with E-state index in [2.05, 4.69) is 0 Å². The predicted octanol–water partition coefficient (Wildman–Crippen LogP) is 1.14. The van der Waals surface area contributed by atoms with Crippen LogP contribution in [0.25, 0.3) is 0 Å². The molecule has 0 unspecified atom stereocenters. The predicted molar refractivity (Wildman–Crippen MR) is 57.5 cm³/mol. The highest BCUT2D eigenvalue weighted by molar-refractivity contribution is 7.85. The maximum atomic E-state index is 11.9. The minimum absolute atomic E-state index is 0.117. The van der Waals surface area contributed by atoms with Gasteiger partial charge in [-0.1, -0.05) is 0 Å². The van der Waals surface area contributed by atoms with Gasteiger partial charge in [0.2, 0.25) is 5.22 Å². The van der Waals surface area contributed by atoms with Gasteiger partial charge in [-0.05, 0) is 17.7 Å². The standard InChI is InChI=1S/C9H10ClNO3S/c10-8-7(1-4-14-8)9(12)11-2-5-15(13)6-3-11/h1,4H,2-3,5-6H2. The molecule has 1 aliphatic heterocycles. The number of hydrogen-bond donors (Lipinski definition) is 0. The summed E-state index contributed by atoms with van der Waals surface area (Å²) in [5.74, 6) is 0.938. The number of halogens is 1. The Morgan fingerprint density at radius 3 is 2.67 bits per heavy atom. The largest absolute Gasteiger partial charge is 0.452 e. The number of amides is 1. The van der Waals surface area contributed by atoms with E-state index in [4.69, 9.17) is 16.0 Å². The van der Waals surface area contributed by atoms with Gasteiger partial charge < -0.3 is 9.32 Å². The quantitative estimate of drug-likeness (QED) is 0.748. The van der Waals surface area contributed by atoms with Crippen LogP contribution in [-0.2, 0) is 10.8 Å². The molecule has 1 aromatic rings. The van der Waals surface area contributed by atoms with Crippen molar-refractivity contribution >= 4 is 28.3 Å². The summed E-state index contributed by atoms with van der Waals surface area (Å²) >= 11 is 5.71. The molecule has 82 valence electrons. The van der Waals surface area contributed by atoms with Gasteiger partial charge in [0.05, 0.1) is 11.8 Å². The second kappa shape index (κ2) is 4.37. The number of rotatable bonds is 1. The zero-order chi connectivity index (χ0) is 10.8. The Balaban J connectivity index is 2.09. The molecule has 1 amide bonds. The van der Waals surface area contributed by atoms with Crippen molar-refractivity contribution in [1.82, 2.24) is 4.90 Å². The van der Waals surface area contributed by atoms with Crippen LogP contribution in [0.3, 0.4) is 0 Å². The maximum absolute atomic E-state index is 11.9. The van der Waals surface area contributed by atoms with E-state index in [-0.39, 0.29) is 11.1 Å². The van der Waals surface area contributed by atoms with Crippen LogP contribution in [0.4, 0.5) is 0 Å². The van der Waals surface area contributed by atoms with Crippen LogP contribution < -0.4 is 0 Å². The molecule has 6 heteroatoms. The van der Waals surface area contributed by atoms with Gasteiger partial charge >= 0.3 is 0 Å². The van der Waals surface area contributed by atoms with Gasteiger partial charge in [-0.15, -0.1) is 0 Å². The lowest BCUT2D eigenvalue weighted by molar-refractivity contribution is 0.0771. The number of furan rings is 1. The second-order valence-electron chi connectivity index (χ2n) is 3.25. The van der Waals surface area contributed by atoms with Crippen molar-refractivity contribution in [2.75, 3.05) is 24.6 Å². The molecule has 0 aromatic carbocycles. The van der Waals surface area contributed by atoms with Crippen molar-refractivity contribution in [3.8, 4) is 0 Å². The minimum Gasteiger partial charge on any atom is -0.452 e. The average Bonchev–Trinajstić information content (AvgIpc) is 2.65. The fourth-order valence-corrected chi connectivity index (χ4v) is 2.70. The van der Waals surface area contributed by atoms with Gasteiger partial charge in [0.15, 0.2) is 0 Å². The van der Waals surface area contributed by atoms with Crippen LogP contribution in [0, 0.1) is 0 Å². The summed E-state index contributed by atoms with van der Waals surface area (Å²) in [6.45, 7) is 1.04. The molecule has 2 rings (SSSR count). The third kappa shape index (κ3) is 2.23. The van der Waals surface area contributed by atoms with E-state index in [0.29, 0.717) is 30.2 Å². The van der Waals surface area contributed by atoms with Crippen molar-refractivity contribution in [2.45, 2.75) is 0 Å². The topological polar surface area (TPSA) is 50.5 Å². The van der Waals surface area contributed by atoms with Crippen LogP contribution in [0.2, 0.25) is 5.22 Å². The zero-order valence-corrected chi connectivity index (χ0v) is 9.51. The molecule has 1 saturated heterocycles. The first-order valence-corrected chi connectivity index (χ1v) is 6.42. The second-order valence-corrected chi connectivity index (χ2v) is 5.29. The van der Waals surface area contributed by atoms with Crippen LogP contribution in [0.1, 0.15) is 10.4 Å². The highest BCUT2D eigenvalue weighted by Gasteiger charge is 2.23. The lowest BCUT2D eigenvalue weighted by Crippen LogP contribution is -2.41. The van der Waals surface area contributed by atoms with E-state index in [9.17, 15) is 9.00 Å². The van der Waals surface area contributed by atoms with Gasteiger partial charge in [-0.3, -0.25) is 9.00 Å². The van der Waals surface area contributed by atoms with Crippen LogP contribution in [0.5, 0.6) is 0 Å². The molecular weight excluding hydrogens is 238 g/mol. The van der Waals surface area contributed by atoms with Gasteiger partial charge in [0.25, 0.3) is 5.91 Å². The summed E-state index contributed by atoms with van der Waals surface area (Å²) in [5, 5.41) is 0.117. The van der Waals surface area contributed by atoms with Crippen molar-refractivity contribution in [3.63, 3.8) is 0 Å². The Morgan fingerprint density at radius 2 is 2.13 bits per heavy atom. The highest BCUT2D eigenvalue weighted by atomic mass is 35.5. The third-order valence-corrected chi connectivity index (χ3v) is 3.88. The summed E-state index contributed by atoms with van der Waals surface area (Å²) in [6, 6.07) is 1.55. The number of carbonyl (C=O) groups is 1. The van der Waals surface area contributed by atoms with Crippen molar-refractivity contribution in [1.29, 1.82) is 0 Å². The summed E-state index contributed by atoms with van der Waals surface area (Å²) in [6.07, 6.45) is 1.39. The highest BCUT2D eigenvalue weighted by Crippen LogP contribution is 2.19. The molecule has 1 aliphatic rings. The third-order valence-electron chi connectivity index (χ3n) is 2.31. The van der Waals surface area contributed by atoms with Crippen LogP contribution in [0.15, 0.2) is 16.7 Å². The van der Waals surface area contributed by atoms with E-state index in [1.165, 1.54) is 6.26 Å². The van der Waals surface area contributed by atoms with Crippen molar-refractivity contribution < 1.29 is 13.4 Å². The normalized spacial score (nSPS) is 18.1. The lowest BCUT2D eigenvalue weighted by atomic mass is 10.3. The monoisotopic (exact) mass is 247 g/mol. The molecule has 1 aromatic heterocycles. The van der Waals surface area contributed by atoms with Gasteiger partial charge in [-0.25, -0.2) is 0 Å². The fraction of sp³-hybridized carbons (Fsp3) is 0.444. The van der Waals surface area contributed by atoms with Crippen LogP contribution >= 0.6 is 11.6 Å². The summed E-state index contributed by atoms with van der Waals surface area (Å²) in [5.41, 5.74) is 0.379. The number of carbonyl (C=O) groups excluding carboxylic acids is 1. The van der Waals surface area contributed by atoms with Crippen LogP contribution in [-0.4, -0.2) is 39.6 Å². The van der Waals surface area contributed by atoms with E-state index in [0.717, 1.165) is 0 Å². The first kappa shape index (κ1) is 10.7. The Morgan fingerprint density at radius 1 is 1.47 bits per heavy atom. The van der Waals surface area contributed by atoms with E-state index < -0.39 is 10.8 Å². The Kier molecular flexibility index (Phi) is 3.11. The molecule has 0 aliphatic carbocycles. The molecule has 0 radical (unpaired) electrons. The molecule has 15 heavy (non-hydrogen) atoms. The molecule has 0 saturated carbocycles. The van der Waals surface area contributed by atoms with Gasteiger partial charge in [0.1, 0.15) is 0 Å². The van der Waals surface area contributed by atoms with E-state index >= 15 is 0 Å². The minimum atomic E-state index is -0.780. The summed E-state index contributed by atoms with van der Waals surface area (Å²) in [4.78, 5) is 13.5. The molecule has 1 fully saturated rings. The summed E-state index contributed by atoms with van der Waals surface area (Å²) in [7, 11) is -0.780. The molecule has 0 spiro atoms. The molecule has 4 nitrogen and oxygen atoms in total. The summed E-state index contributed by atoms with van der Waals surface area (Å²) < 4.78 is 16.0. The number of nitrogens with zero attached hydrogens (tertiary/aromatic N) is 1. The molecule has 0 bridgehead atoms. The first-order chi connectivity index (χ1) is 7.18. The maximum Gasteiger partial charge on any atom is 0.258 e. The Hall–Kier alpha value is -0.810. The Labute approximate surface area is 94.6 Å². The van der Waals surface area contributed by atoms with Crippen molar-refractivity contribution in [2.24, 2.45) is 0 Å². The van der Waals surface area contributed by atoms with Gasteiger partial charge in [0, 0.05) is 35.4 Å². The first-order valence-electron chi connectivity index (χ1n) is 4.56. The smallest absolute Gasteiger partial charge is 0.258 e. The molecule has 0 N–H and O–H groups in total. The van der Waals surface area contributed by atoms with Gasteiger partial charge in [-0.2, -0.15) is 0 Å². The SMILES string of the molecule is O=C(c1ccoc1Cl)N1CCS(=O)CC1.